The van der Waals surface area contributed by atoms with Crippen LogP contribution in [0.5, 0.6) is 0 Å². The van der Waals surface area contributed by atoms with Crippen molar-refractivity contribution < 1.29 is 4.79 Å². The molecule has 0 heterocycles. The predicted molar refractivity (Wildman–Crippen MR) is 55.6 cm³/mol. The van der Waals surface area contributed by atoms with E-state index >= 15 is 0 Å². The van der Waals surface area contributed by atoms with E-state index in [0.29, 0.717) is 12.5 Å². The Morgan fingerprint density at radius 1 is 1.38 bits per heavy atom. The molecule has 0 aromatic heterocycles. The van der Waals surface area contributed by atoms with Gasteiger partial charge in [0.1, 0.15) is 0 Å². The number of hydrogen-bond donors (Lipinski definition) is 2. The van der Waals surface area contributed by atoms with E-state index in [1.807, 2.05) is 0 Å². The van der Waals surface area contributed by atoms with Crippen molar-refractivity contribution >= 4 is 5.91 Å². The molecule has 0 aliphatic carbocycles. The molecule has 0 saturated carbocycles. The Morgan fingerprint density at radius 2 is 1.92 bits per heavy atom. The molecule has 0 aliphatic heterocycles. The van der Waals surface area contributed by atoms with E-state index in [0.717, 1.165) is 6.54 Å². The Balaban J connectivity index is 3.60. The van der Waals surface area contributed by atoms with Crippen LogP contribution in [0.2, 0.25) is 0 Å². The lowest BCUT2D eigenvalue weighted by atomic mass is 9.88. The van der Waals surface area contributed by atoms with E-state index in [2.05, 4.69) is 38.3 Å². The smallest absolute Gasteiger partial charge is 0.221 e. The SMILES string of the molecule is CNC(=O)CCNC(C)C(C)(C)C. The Bertz CT molecular complexity index is 161. The van der Waals surface area contributed by atoms with Gasteiger partial charge in [-0.3, -0.25) is 4.79 Å². The van der Waals surface area contributed by atoms with Crippen LogP contribution < -0.4 is 10.6 Å². The Hall–Kier alpha value is -0.570. The minimum absolute atomic E-state index is 0.0913. The molecule has 78 valence electrons. The fraction of sp³-hybridized carbons (Fsp3) is 0.900. The van der Waals surface area contributed by atoms with Crippen molar-refractivity contribution in [3.63, 3.8) is 0 Å². The second-order valence-corrected chi connectivity index (χ2v) is 4.47. The van der Waals surface area contributed by atoms with Crippen LogP contribution in [0.15, 0.2) is 0 Å². The molecule has 0 fully saturated rings. The minimum atomic E-state index is 0.0913. The zero-order valence-corrected chi connectivity index (χ0v) is 9.40. The number of carbonyl (C=O) groups is 1. The first-order valence-corrected chi connectivity index (χ1v) is 4.82. The first kappa shape index (κ1) is 12.4. The quantitative estimate of drug-likeness (QED) is 0.691. The van der Waals surface area contributed by atoms with Crippen LogP contribution in [-0.2, 0) is 4.79 Å². The molecule has 0 radical (unpaired) electrons. The van der Waals surface area contributed by atoms with Gasteiger partial charge in [0.2, 0.25) is 5.91 Å². The summed E-state index contributed by atoms with van der Waals surface area (Å²) in [5.41, 5.74) is 0.253. The van der Waals surface area contributed by atoms with E-state index in [9.17, 15) is 4.79 Å². The Kier molecular flexibility index (Phi) is 4.99. The van der Waals surface area contributed by atoms with Crippen molar-refractivity contribution in [2.75, 3.05) is 13.6 Å². The predicted octanol–water partition coefficient (Wildman–Crippen LogP) is 1.15. The number of rotatable bonds is 4. The van der Waals surface area contributed by atoms with Crippen molar-refractivity contribution in [3.8, 4) is 0 Å². The number of amides is 1. The van der Waals surface area contributed by atoms with E-state index in [1.165, 1.54) is 0 Å². The highest BCUT2D eigenvalue weighted by Gasteiger charge is 2.18. The maximum absolute atomic E-state index is 10.9. The molecule has 1 atom stereocenters. The molecule has 13 heavy (non-hydrogen) atoms. The lowest BCUT2D eigenvalue weighted by Gasteiger charge is -2.28. The van der Waals surface area contributed by atoms with Gasteiger partial charge in [-0.2, -0.15) is 0 Å². The molecule has 2 N–H and O–H groups in total. The van der Waals surface area contributed by atoms with Crippen molar-refractivity contribution in [3.05, 3.63) is 0 Å². The van der Waals surface area contributed by atoms with E-state index in [1.54, 1.807) is 7.05 Å². The van der Waals surface area contributed by atoms with E-state index in [-0.39, 0.29) is 11.3 Å². The van der Waals surface area contributed by atoms with Gasteiger partial charge in [0.15, 0.2) is 0 Å². The Morgan fingerprint density at radius 3 is 2.31 bits per heavy atom. The standard InChI is InChI=1S/C10H22N2O/c1-8(10(2,3)4)12-7-6-9(13)11-5/h8,12H,6-7H2,1-5H3,(H,11,13). The lowest BCUT2D eigenvalue weighted by molar-refractivity contribution is -0.120. The van der Waals surface area contributed by atoms with Gasteiger partial charge in [-0.15, -0.1) is 0 Å². The van der Waals surface area contributed by atoms with Gasteiger partial charge >= 0.3 is 0 Å². The summed E-state index contributed by atoms with van der Waals surface area (Å²) in [4.78, 5) is 10.9. The van der Waals surface area contributed by atoms with E-state index < -0.39 is 0 Å². The first-order chi connectivity index (χ1) is 5.88. The molecule has 1 unspecified atom stereocenters. The Labute approximate surface area is 81.3 Å². The summed E-state index contributed by atoms with van der Waals surface area (Å²) in [7, 11) is 1.66. The molecular weight excluding hydrogens is 164 g/mol. The second kappa shape index (κ2) is 5.22. The number of hydrogen-bond acceptors (Lipinski definition) is 2. The van der Waals surface area contributed by atoms with Crippen molar-refractivity contribution in [1.82, 2.24) is 10.6 Å². The van der Waals surface area contributed by atoms with Crippen LogP contribution >= 0.6 is 0 Å². The highest BCUT2D eigenvalue weighted by Crippen LogP contribution is 2.18. The molecule has 3 nitrogen and oxygen atoms in total. The van der Waals surface area contributed by atoms with Crippen LogP contribution in [-0.4, -0.2) is 25.5 Å². The molecule has 0 aromatic rings. The van der Waals surface area contributed by atoms with E-state index in [4.69, 9.17) is 0 Å². The highest BCUT2D eigenvalue weighted by molar-refractivity contribution is 5.75. The molecule has 3 heteroatoms. The van der Waals surface area contributed by atoms with Crippen molar-refractivity contribution in [2.24, 2.45) is 5.41 Å². The fourth-order valence-electron chi connectivity index (χ4n) is 0.833. The van der Waals surface area contributed by atoms with Gasteiger partial charge in [-0.25, -0.2) is 0 Å². The molecule has 0 aliphatic rings. The number of carbonyl (C=O) groups excluding carboxylic acids is 1. The van der Waals surface area contributed by atoms with Crippen LogP contribution in [0.25, 0.3) is 0 Å². The van der Waals surface area contributed by atoms with Gasteiger partial charge in [-0.1, -0.05) is 20.8 Å². The summed E-state index contributed by atoms with van der Waals surface area (Å²) in [6.07, 6.45) is 0.553. The second-order valence-electron chi connectivity index (χ2n) is 4.47. The molecule has 1 amide bonds. The van der Waals surface area contributed by atoms with Gasteiger partial charge < -0.3 is 10.6 Å². The summed E-state index contributed by atoms with van der Waals surface area (Å²) >= 11 is 0. The van der Waals surface area contributed by atoms with Crippen LogP contribution in [0.1, 0.15) is 34.1 Å². The molecular formula is C10H22N2O. The molecule has 0 saturated heterocycles. The molecule has 0 aromatic carbocycles. The third-order valence-corrected chi connectivity index (χ3v) is 2.38. The third-order valence-electron chi connectivity index (χ3n) is 2.38. The van der Waals surface area contributed by atoms with Gasteiger partial charge in [0, 0.05) is 26.1 Å². The zero-order valence-electron chi connectivity index (χ0n) is 9.40. The fourth-order valence-corrected chi connectivity index (χ4v) is 0.833. The maximum Gasteiger partial charge on any atom is 0.221 e. The van der Waals surface area contributed by atoms with Crippen molar-refractivity contribution in [1.29, 1.82) is 0 Å². The zero-order chi connectivity index (χ0) is 10.5. The summed E-state index contributed by atoms with van der Waals surface area (Å²) in [6.45, 7) is 9.45. The average molecular weight is 186 g/mol. The topological polar surface area (TPSA) is 41.1 Å². The van der Waals surface area contributed by atoms with Crippen LogP contribution in [0.4, 0.5) is 0 Å². The summed E-state index contributed by atoms with van der Waals surface area (Å²) < 4.78 is 0. The van der Waals surface area contributed by atoms with Gasteiger partial charge in [0.25, 0.3) is 0 Å². The van der Waals surface area contributed by atoms with Crippen LogP contribution in [0, 0.1) is 5.41 Å². The molecule has 0 spiro atoms. The third kappa shape index (κ3) is 5.64. The average Bonchev–Trinajstić information content (AvgIpc) is 2.02. The monoisotopic (exact) mass is 186 g/mol. The number of nitrogens with one attached hydrogen (secondary N) is 2. The molecule has 0 bridgehead atoms. The van der Waals surface area contributed by atoms with Gasteiger partial charge in [0.05, 0.1) is 0 Å². The maximum atomic E-state index is 10.9. The summed E-state index contributed by atoms with van der Waals surface area (Å²) in [5, 5.41) is 5.93. The largest absolute Gasteiger partial charge is 0.359 e. The summed E-state index contributed by atoms with van der Waals surface area (Å²) in [6, 6.07) is 0.428. The first-order valence-electron chi connectivity index (χ1n) is 4.82. The minimum Gasteiger partial charge on any atom is -0.359 e. The normalized spacial score (nSPS) is 13.9. The highest BCUT2D eigenvalue weighted by atomic mass is 16.1. The summed E-state index contributed by atoms with van der Waals surface area (Å²) in [5.74, 6) is 0.0913. The van der Waals surface area contributed by atoms with Crippen molar-refractivity contribution in [2.45, 2.75) is 40.2 Å². The van der Waals surface area contributed by atoms with Crippen LogP contribution in [0.3, 0.4) is 0 Å². The van der Waals surface area contributed by atoms with Gasteiger partial charge in [-0.05, 0) is 12.3 Å². The molecule has 0 rings (SSSR count). The lowest BCUT2D eigenvalue weighted by Crippen LogP contribution is -2.39.